The number of benzene rings is 1. The van der Waals surface area contributed by atoms with Gasteiger partial charge in [0.15, 0.2) is 0 Å². The van der Waals surface area contributed by atoms with Crippen molar-refractivity contribution < 1.29 is 22.7 Å². The highest BCUT2D eigenvalue weighted by atomic mass is 32.2. The highest BCUT2D eigenvalue weighted by Crippen LogP contribution is 2.15. The second-order valence-corrected chi connectivity index (χ2v) is 5.82. The first-order valence-electron chi connectivity index (χ1n) is 5.85. The lowest BCUT2D eigenvalue weighted by Gasteiger charge is -2.16. The molecule has 1 atom stereocenters. The first-order chi connectivity index (χ1) is 8.86. The first kappa shape index (κ1) is 15.6. The summed E-state index contributed by atoms with van der Waals surface area (Å²) in [5.74, 6) is -1.96. The third kappa shape index (κ3) is 4.60. The Kier molecular flexibility index (Phi) is 5.44. The number of halogens is 1. The summed E-state index contributed by atoms with van der Waals surface area (Å²) < 4.78 is 39.6. The van der Waals surface area contributed by atoms with Crippen LogP contribution in [0.25, 0.3) is 0 Å². The Balaban J connectivity index is 2.94. The standard InChI is InChI=1S/C12H16FNO4S/c1-2-5-9(8-12(15)16)14-19(17,18)11-7-4-3-6-10(11)13/h3-4,6-7,9,14H,2,5,8H2,1H3,(H,15,16). The van der Waals surface area contributed by atoms with Crippen molar-refractivity contribution in [3.63, 3.8) is 0 Å². The molecule has 7 heteroatoms. The number of carbonyl (C=O) groups is 1. The Morgan fingerprint density at radius 3 is 2.58 bits per heavy atom. The quantitative estimate of drug-likeness (QED) is 0.801. The van der Waals surface area contributed by atoms with Gasteiger partial charge in [-0.3, -0.25) is 4.79 Å². The number of rotatable bonds is 7. The van der Waals surface area contributed by atoms with Crippen LogP contribution in [0, 0.1) is 5.82 Å². The summed E-state index contributed by atoms with van der Waals surface area (Å²) in [5.41, 5.74) is 0. The Morgan fingerprint density at radius 1 is 1.42 bits per heavy atom. The molecule has 1 aromatic carbocycles. The third-order valence-electron chi connectivity index (χ3n) is 2.51. The van der Waals surface area contributed by atoms with Crippen molar-refractivity contribution in [2.24, 2.45) is 0 Å². The topological polar surface area (TPSA) is 83.5 Å². The Hall–Kier alpha value is -1.47. The van der Waals surface area contributed by atoms with E-state index >= 15 is 0 Å². The molecule has 0 fully saturated rings. The average Bonchev–Trinajstić information content (AvgIpc) is 2.28. The van der Waals surface area contributed by atoms with Crippen molar-refractivity contribution in [1.29, 1.82) is 0 Å². The van der Waals surface area contributed by atoms with Gasteiger partial charge < -0.3 is 5.11 Å². The molecule has 0 bridgehead atoms. The van der Waals surface area contributed by atoms with Crippen LogP contribution >= 0.6 is 0 Å². The van der Waals surface area contributed by atoms with Crippen LogP contribution < -0.4 is 4.72 Å². The Labute approximate surface area is 111 Å². The van der Waals surface area contributed by atoms with Crippen LogP contribution in [-0.2, 0) is 14.8 Å². The van der Waals surface area contributed by atoms with E-state index in [0.717, 1.165) is 12.1 Å². The SMILES string of the molecule is CCCC(CC(=O)O)NS(=O)(=O)c1ccccc1F. The summed E-state index contributed by atoms with van der Waals surface area (Å²) in [7, 11) is -4.05. The first-order valence-corrected chi connectivity index (χ1v) is 7.33. The molecular formula is C12H16FNO4S. The summed E-state index contributed by atoms with van der Waals surface area (Å²) in [6.07, 6.45) is 0.666. The lowest BCUT2D eigenvalue weighted by atomic mass is 10.1. The van der Waals surface area contributed by atoms with Gasteiger partial charge in [-0.2, -0.15) is 0 Å². The highest BCUT2D eigenvalue weighted by molar-refractivity contribution is 7.89. The van der Waals surface area contributed by atoms with Crippen molar-refractivity contribution in [2.45, 2.75) is 37.1 Å². The van der Waals surface area contributed by atoms with Gasteiger partial charge in [0.1, 0.15) is 10.7 Å². The zero-order chi connectivity index (χ0) is 14.5. The number of hydrogen-bond acceptors (Lipinski definition) is 3. The summed E-state index contributed by atoms with van der Waals surface area (Å²) >= 11 is 0. The van der Waals surface area contributed by atoms with Crippen molar-refractivity contribution in [2.75, 3.05) is 0 Å². The van der Waals surface area contributed by atoms with E-state index in [2.05, 4.69) is 4.72 Å². The second-order valence-electron chi connectivity index (χ2n) is 4.14. The normalized spacial score (nSPS) is 13.2. The largest absolute Gasteiger partial charge is 0.481 e. The zero-order valence-corrected chi connectivity index (χ0v) is 11.3. The summed E-state index contributed by atoms with van der Waals surface area (Å²) in [6.45, 7) is 1.81. The van der Waals surface area contributed by atoms with Crippen LogP contribution in [0.15, 0.2) is 29.2 Å². The molecule has 0 spiro atoms. The van der Waals surface area contributed by atoms with Crippen molar-refractivity contribution in [3.05, 3.63) is 30.1 Å². The van der Waals surface area contributed by atoms with Crippen LogP contribution in [-0.4, -0.2) is 25.5 Å². The number of carboxylic acids is 1. The van der Waals surface area contributed by atoms with Crippen LogP contribution in [0.4, 0.5) is 4.39 Å². The Bertz CT molecular complexity index is 544. The van der Waals surface area contributed by atoms with Gasteiger partial charge in [0, 0.05) is 6.04 Å². The highest BCUT2D eigenvalue weighted by Gasteiger charge is 2.23. The van der Waals surface area contributed by atoms with E-state index in [4.69, 9.17) is 5.11 Å². The van der Waals surface area contributed by atoms with Gasteiger partial charge in [-0.1, -0.05) is 25.5 Å². The molecule has 19 heavy (non-hydrogen) atoms. The van der Waals surface area contributed by atoms with Gasteiger partial charge in [-0.25, -0.2) is 17.5 Å². The van der Waals surface area contributed by atoms with E-state index in [1.54, 1.807) is 0 Å². The molecule has 0 radical (unpaired) electrons. The van der Waals surface area contributed by atoms with Gasteiger partial charge in [0.2, 0.25) is 10.0 Å². The van der Waals surface area contributed by atoms with Crippen LogP contribution in [0.3, 0.4) is 0 Å². The minimum Gasteiger partial charge on any atom is -0.481 e. The fourth-order valence-corrected chi connectivity index (χ4v) is 3.06. The van der Waals surface area contributed by atoms with Gasteiger partial charge in [0.25, 0.3) is 0 Å². The maximum Gasteiger partial charge on any atom is 0.304 e. The minimum absolute atomic E-state index is 0.332. The fourth-order valence-electron chi connectivity index (χ4n) is 1.71. The molecule has 5 nitrogen and oxygen atoms in total. The molecule has 0 aliphatic rings. The van der Waals surface area contributed by atoms with E-state index in [1.165, 1.54) is 12.1 Å². The maximum atomic E-state index is 13.4. The minimum atomic E-state index is -4.05. The molecule has 0 amide bonds. The molecular weight excluding hydrogens is 273 g/mol. The average molecular weight is 289 g/mol. The van der Waals surface area contributed by atoms with E-state index in [9.17, 15) is 17.6 Å². The molecule has 0 saturated heterocycles. The number of nitrogens with one attached hydrogen (secondary N) is 1. The molecule has 0 aliphatic heterocycles. The Morgan fingerprint density at radius 2 is 2.05 bits per heavy atom. The van der Waals surface area contributed by atoms with Crippen LogP contribution in [0.2, 0.25) is 0 Å². The maximum absolute atomic E-state index is 13.4. The smallest absolute Gasteiger partial charge is 0.304 e. The summed E-state index contributed by atoms with van der Waals surface area (Å²) in [4.78, 5) is 10.2. The number of carboxylic acid groups (broad SMARTS) is 1. The molecule has 2 N–H and O–H groups in total. The molecule has 1 rings (SSSR count). The lowest BCUT2D eigenvalue weighted by Crippen LogP contribution is -2.36. The predicted octanol–water partition coefficient (Wildman–Crippen LogP) is 1.75. The van der Waals surface area contributed by atoms with Gasteiger partial charge >= 0.3 is 5.97 Å². The van der Waals surface area contributed by atoms with Crippen molar-refractivity contribution >= 4 is 16.0 Å². The van der Waals surface area contributed by atoms with Gasteiger partial charge in [-0.15, -0.1) is 0 Å². The molecule has 0 saturated carbocycles. The second kappa shape index (κ2) is 6.63. The van der Waals surface area contributed by atoms with Crippen LogP contribution in [0.1, 0.15) is 26.2 Å². The number of hydrogen-bond donors (Lipinski definition) is 2. The monoisotopic (exact) mass is 289 g/mol. The predicted molar refractivity (Wildman–Crippen MR) is 67.7 cm³/mol. The van der Waals surface area contributed by atoms with Gasteiger partial charge in [-0.05, 0) is 18.6 Å². The molecule has 0 heterocycles. The number of aliphatic carboxylic acids is 1. The van der Waals surface area contributed by atoms with Crippen LogP contribution in [0.5, 0.6) is 0 Å². The van der Waals surface area contributed by atoms with E-state index in [0.29, 0.717) is 12.8 Å². The van der Waals surface area contributed by atoms with E-state index in [-0.39, 0.29) is 6.42 Å². The number of sulfonamides is 1. The fraction of sp³-hybridized carbons (Fsp3) is 0.417. The molecule has 1 unspecified atom stereocenters. The molecule has 106 valence electrons. The molecule has 1 aromatic rings. The van der Waals surface area contributed by atoms with E-state index in [1.807, 2.05) is 6.92 Å². The van der Waals surface area contributed by atoms with Gasteiger partial charge in [0.05, 0.1) is 6.42 Å². The molecule has 0 aromatic heterocycles. The third-order valence-corrected chi connectivity index (χ3v) is 4.06. The molecule has 0 aliphatic carbocycles. The van der Waals surface area contributed by atoms with Crippen molar-refractivity contribution in [3.8, 4) is 0 Å². The van der Waals surface area contributed by atoms with E-state index < -0.39 is 32.7 Å². The summed E-state index contributed by atoms with van der Waals surface area (Å²) in [5, 5.41) is 8.72. The van der Waals surface area contributed by atoms with Crippen molar-refractivity contribution in [1.82, 2.24) is 4.72 Å². The zero-order valence-electron chi connectivity index (χ0n) is 10.5. The summed E-state index contributed by atoms with van der Waals surface area (Å²) in [6, 6.07) is 4.23. The lowest BCUT2D eigenvalue weighted by molar-refractivity contribution is -0.137.